The summed E-state index contributed by atoms with van der Waals surface area (Å²) in [6, 6.07) is 6.94. The number of benzene rings is 2. The number of aryl methyl sites for hydroxylation is 2. The summed E-state index contributed by atoms with van der Waals surface area (Å²) in [7, 11) is 6.37. The van der Waals surface area contributed by atoms with Gasteiger partial charge in [0.15, 0.2) is 13.6 Å². The summed E-state index contributed by atoms with van der Waals surface area (Å²) < 4.78 is 32.6. The van der Waals surface area contributed by atoms with Gasteiger partial charge in [0, 0.05) is 25.3 Å². The van der Waals surface area contributed by atoms with Crippen LogP contribution in [-0.4, -0.2) is 42.0 Å². The van der Waals surface area contributed by atoms with Crippen LogP contribution < -0.4 is 24.7 Å². The van der Waals surface area contributed by atoms with Crippen LogP contribution in [0.5, 0.6) is 23.0 Å². The minimum atomic E-state index is -0.554. The first-order valence-corrected chi connectivity index (χ1v) is 8.82. The van der Waals surface area contributed by atoms with E-state index in [1.807, 2.05) is 38.1 Å². The average molecular weight is 391 g/mol. The van der Waals surface area contributed by atoms with Gasteiger partial charge in [-0.25, -0.2) is 0 Å². The lowest BCUT2D eigenvalue weighted by Crippen LogP contribution is -2.17. The standard InChI is InChI=1S/C21H29NO6/c1-13-7-15(25-5)9-17(20(13)27-11-23-3)19(22)18-10-16(26-6)8-14(2)21(18)28-12-24-4/h7-10,19H,11-12,22H2,1-6H3. The van der Waals surface area contributed by atoms with E-state index in [0.29, 0.717) is 23.0 Å². The minimum Gasteiger partial charge on any atom is -0.497 e. The molecule has 28 heavy (non-hydrogen) atoms. The van der Waals surface area contributed by atoms with E-state index in [9.17, 15) is 0 Å². The maximum absolute atomic E-state index is 6.69. The highest BCUT2D eigenvalue weighted by Crippen LogP contribution is 2.40. The Morgan fingerprint density at radius 2 is 1.11 bits per heavy atom. The highest BCUT2D eigenvalue weighted by molar-refractivity contribution is 5.56. The molecular formula is C21H29NO6. The van der Waals surface area contributed by atoms with Crippen molar-refractivity contribution in [3.8, 4) is 23.0 Å². The van der Waals surface area contributed by atoms with Gasteiger partial charge in [-0.05, 0) is 49.2 Å². The lowest BCUT2D eigenvalue weighted by Gasteiger charge is -2.23. The number of ether oxygens (including phenoxy) is 6. The van der Waals surface area contributed by atoms with E-state index in [1.165, 1.54) is 0 Å². The Labute approximate surface area is 166 Å². The maximum atomic E-state index is 6.69. The van der Waals surface area contributed by atoms with Crippen LogP contribution in [0, 0.1) is 13.8 Å². The summed E-state index contributed by atoms with van der Waals surface area (Å²) in [6.45, 7) is 4.08. The van der Waals surface area contributed by atoms with Gasteiger partial charge in [0.05, 0.1) is 20.3 Å². The summed E-state index contributed by atoms with van der Waals surface area (Å²) in [5.41, 5.74) is 9.98. The first kappa shape index (κ1) is 21.8. The summed E-state index contributed by atoms with van der Waals surface area (Å²) >= 11 is 0. The average Bonchev–Trinajstić information content (AvgIpc) is 2.70. The Kier molecular flexibility index (Phi) is 7.92. The molecule has 0 saturated carbocycles. The zero-order valence-electron chi connectivity index (χ0n) is 17.3. The molecule has 154 valence electrons. The molecule has 0 aromatic heterocycles. The fourth-order valence-corrected chi connectivity index (χ4v) is 3.03. The SMILES string of the molecule is COCOc1c(C)cc(OC)cc1C(N)c1cc(OC)cc(C)c1OCOC. The molecule has 0 atom stereocenters. The predicted molar refractivity (Wildman–Crippen MR) is 107 cm³/mol. The molecule has 2 aromatic rings. The van der Waals surface area contributed by atoms with Crippen LogP contribution in [0.25, 0.3) is 0 Å². The van der Waals surface area contributed by atoms with E-state index in [2.05, 4.69) is 0 Å². The van der Waals surface area contributed by atoms with Crippen LogP contribution >= 0.6 is 0 Å². The predicted octanol–water partition coefficient (Wildman–Crippen LogP) is 3.33. The Morgan fingerprint density at radius 3 is 1.43 bits per heavy atom. The molecule has 0 fully saturated rings. The fourth-order valence-electron chi connectivity index (χ4n) is 3.03. The molecule has 0 aliphatic carbocycles. The third-order valence-corrected chi connectivity index (χ3v) is 4.34. The van der Waals surface area contributed by atoms with Gasteiger partial charge in [-0.1, -0.05) is 0 Å². The van der Waals surface area contributed by atoms with E-state index < -0.39 is 6.04 Å². The molecule has 2 rings (SSSR count). The Morgan fingerprint density at radius 1 is 0.714 bits per heavy atom. The highest BCUT2D eigenvalue weighted by Gasteiger charge is 2.23. The van der Waals surface area contributed by atoms with Gasteiger partial charge >= 0.3 is 0 Å². The monoisotopic (exact) mass is 391 g/mol. The Balaban J connectivity index is 2.62. The van der Waals surface area contributed by atoms with Crippen LogP contribution in [0.1, 0.15) is 28.3 Å². The van der Waals surface area contributed by atoms with Crippen molar-refractivity contribution >= 4 is 0 Å². The summed E-state index contributed by atoms with van der Waals surface area (Å²) in [5.74, 6) is 2.67. The topological polar surface area (TPSA) is 81.4 Å². The Hall–Kier alpha value is -2.48. The van der Waals surface area contributed by atoms with Gasteiger partial charge in [0.2, 0.25) is 0 Å². The van der Waals surface area contributed by atoms with Crippen LogP contribution in [0.2, 0.25) is 0 Å². The molecule has 0 spiro atoms. The van der Waals surface area contributed by atoms with Crippen LogP contribution in [0.3, 0.4) is 0 Å². The van der Waals surface area contributed by atoms with Crippen molar-refractivity contribution in [2.75, 3.05) is 42.0 Å². The van der Waals surface area contributed by atoms with Crippen molar-refractivity contribution in [3.63, 3.8) is 0 Å². The molecule has 2 aromatic carbocycles. The zero-order valence-corrected chi connectivity index (χ0v) is 17.3. The van der Waals surface area contributed by atoms with Gasteiger partial charge in [-0.3, -0.25) is 0 Å². The highest BCUT2D eigenvalue weighted by atomic mass is 16.7. The van der Waals surface area contributed by atoms with Crippen molar-refractivity contribution in [2.24, 2.45) is 5.73 Å². The minimum absolute atomic E-state index is 0.108. The molecule has 2 N–H and O–H groups in total. The molecule has 7 heteroatoms. The van der Waals surface area contributed by atoms with Crippen molar-refractivity contribution < 1.29 is 28.4 Å². The molecule has 7 nitrogen and oxygen atoms in total. The van der Waals surface area contributed by atoms with Crippen molar-refractivity contribution in [1.82, 2.24) is 0 Å². The van der Waals surface area contributed by atoms with Crippen LogP contribution in [-0.2, 0) is 9.47 Å². The van der Waals surface area contributed by atoms with Gasteiger partial charge in [0.1, 0.15) is 23.0 Å². The molecule has 0 saturated heterocycles. The number of rotatable bonds is 10. The third-order valence-electron chi connectivity index (χ3n) is 4.34. The van der Waals surface area contributed by atoms with Crippen LogP contribution in [0.4, 0.5) is 0 Å². The van der Waals surface area contributed by atoms with Gasteiger partial charge < -0.3 is 34.2 Å². The summed E-state index contributed by atoms with van der Waals surface area (Å²) in [6.07, 6.45) is 0. The van der Waals surface area contributed by atoms with Gasteiger partial charge in [-0.15, -0.1) is 0 Å². The first-order chi connectivity index (χ1) is 13.5. The van der Waals surface area contributed by atoms with Crippen molar-refractivity contribution in [2.45, 2.75) is 19.9 Å². The van der Waals surface area contributed by atoms with E-state index in [4.69, 9.17) is 34.2 Å². The number of hydrogen-bond donors (Lipinski definition) is 1. The molecule has 0 amide bonds. The van der Waals surface area contributed by atoms with Crippen molar-refractivity contribution in [1.29, 1.82) is 0 Å². The zero-order chi connectivity index (χ0) is 20.7. The lowest BCUT2D eigenvalue weighted by molar-refractivity contribution is 0.0488. The molecule has 0 bridgehead atoms. The van der Waals surface area contributed by atoms with Crippen molar-refractivity contribution in [3.05, 3.63) is 46.5 Å². The fraction of sp³-hybridized carbons (Fsp3) is 0.429. The normalized spacial score (nSPS) is 10.9. The molecule has 0 aliphatic heterocycles. The van der Waals surface area contributed by atoms with Gasteiger partial charge in [0.25, 0.3) is 0 Å². The van der Waals surface area contributed by atoms with E-state index in [-0.39, 0.29) is 13.6 Å². The van der Waals surface area contributed by atoms with E-state index >= 15 is 0 Å². The van der Waals surface area contributed by atoms with E-state index in [0.717, 1.165) is 22.3 Å². The molecular weight excluding hydrogens is 362 g/mol. The molecule has 0 unspecified atom stereocenters. The smallest absolute Gasteiger partial charge is 0.188 e. The second-order valence-corrected chi connectivity index (χ2v) is 6.30. The first-order valence-electron chi connectivity index (χ1n) is 8.82. The summed E-state index contributed by atoms with van der Waals surface area (Å²) in [5, 5.41) is 0. The van der Waals surface area contributed by atoms with Gasteiger partial charge in [-0.2, -0.15) is 0 Å². The van der Waals surface area contributed by atoms with E-state index in [1.54, 1.807) is 28.4 Å². The largest absolute Gasteiger partial charge is 0.497 e. The summed E-state index contributed by atoms with van der Waals surface area (Å²) in [4.78, 5) is 0. The van der Waals surface area contributed by atoms with Crippen LogP contribution in [0.15, 0.2) is 24.3 Å². The maximum Gasteiger partial charge on any atom is 0.188 e. The Bertz CT molecular complexity index is 727. The second-order valence-electron chi connectivity index (χ2n) is 6.30. The number of hydrogen-bond acceptors (Lipinski definition) is 7. The molecule has 0 heterocycles. The second kappa shape index (κ2) is 10.2. The third kappa shape index (κ3) is 4.86. The molecule has 0 radical (unpaired) electrons. The number of methoxy groups -OCH3 is 4. The molecule has 0 aliphatic rings. The lowest BCUT2D eigenvalue weighted by atomic mass is 9.94. The number of nitrogens with two attached hydrogens (primary N) is 1. The quantitative estimate of drug-likeness (QED) is 0.622.